The third kappa shape index (κ3) is 2.97. The number of fused-ring (bicyclic) bond motifs is 3. The fourth-order valence-corrected chi connectivity index (χ4v) is 5.35. The largest absolute Gasteiger partial charge is 0.346 e. The molecule has 5 heterocycles. The van der Waals surface area contributed by atoms with Gasteiger partial charge in [-0.15, -0.1) is 11.3 Å². The van der Waals surface area contributed by atoms with Crippen molar-refractivity contribution in [2.45, 2.75) is 32.4 Å². The summed E-state index contributed by atoms with van der Waals surface area (Å²) in [7, 11) is -0.0563. The fraction of sp³-hybridized carbons (Fsp3) is 0.350. The highest BCUT2D eigenvalue weighted by molar-refractivity contribution is 7.11. The zero-order chi connectivity index (χ0) is 19.3. The number of thiophene rings is 1. The van der Waals surface area contributed by atoms with Crippen molar-refractivity contribution in [3.05, 3.63) is 45.9 Å². The smallest absolute Gasteiger partial charge is 0.320 e. The predicted octanol–water partition coefficient (Wildman–Crippen LogP) is 3.11. The Kier molecular flexibility index (Phi) is 4.32. The van der Waals surface area contributed by atoms with E-state index in [-0.39, 0.29) is 24.8 Å². The molecule has 2 aliphatic rings. The molecular formula is C20H21BN4O2S. The Hall–Kier alpha value is -2.45. The van der Waals surface area contributed by atoms with E-state index < -0.39 is 0 Å². The number of carbonyl (C=O) groups is 2. The number of pyridine rings is 1. The van der Waals surface area contributed by atoms with Crippen LogP contribution >= 0.6 is 11.3 Å². The van der Waals surface area contributed by atoms with Crippen molar-refractivity contribution in [1.29, 1.82) is 0 Å². The number of amides is 1. The maximum absolute atomic E-state index is 12.9. The highest BCUT2D eigenvalue weighted by Crippen LogP contribution is 2.36. The number of aromatic nitrogens is 2. The number of piperidine rings is 1. The summed E-state index contributed by atoms with van der Waals surface area (Å²) in [4.78, 5) is 39.8. The lowest BCUT2D eigenvalue weighted by atomic mass is 9.65. The average molecular weight is 392 g/mol. The number of aromatic amines is 1. The zero-order valence-electron chi connectivity index (χ0n) is 15.8. The van der Waals surface area contributed by atoms with Crippen molar-refractivity contribution in [2.75, 3.05) is 18.0 Å². The normalized spacial score (nSPS) is 18.5. The van der Waals surface area contributed by atoms with Crippen LogP contribution in [0.25, 0.3) is 11.0 Å². The highest BCUT2D eigenvalue weighted by atomic mass is 32.1. The van der Waals surface area contributed by atoms with Gasteiger partial charge in [0.2, 0.25) is 0 Å². The fourth-order valence-electron chi connectivity index (χ4n) is 4.41. The lowest BCUT2D eigenvalue weighted by Crippen LogP contribution is -2.52. The van der Waals surface area contributed by atoms with Gasteiger partial charge in [0.05, 0.1) is 11.3 Å². The van der Waals surface area contributed by atoms with Gasteiger partial charge in [-0.2, -0.15) is 0 Å². The van der Waals surface area contributed by atoms with Crippen LogP contribution < -0.4 is 4.90 Å². The van der Waals surface area contributed by atoms with Crippen LogP contribution in [0.15, 0.2) is 30.6 Å². The number of aryl methyl sites for hydroxylation is 1. The second-order valence-corrected chi connectivity index (χ2v) is 9.02. The van der Waals surface area contributed by atoms with Crippen molar-refractivity contribution in [3.63, 3.8) is 0 Å². The summed E-state index contributed by atoms with van der Waals surface area (Å²) in [6.07, 6.45) is 5.26. The van der Waals surface area contributed by atoms with E-state index in [0.29, 0.717) is 5.56 Å². The molecule has 0 aromatic carbocycles. The number of hydrogen-bond donors (Lipinski definition) is 1. The summed E-state index contributed by atoms with van der Waals surface area (Å²) >= 11 is 1.85. The molecule has 1 fully saturated rings. The number of carbonyl (C=O) groups excluding carboxylic acids is 2. The molecule has 0 bridgehead atoms. The Balaban J connectivity index is 1.40. The van der Waals surface area contributed by atoms with Gasteiger partial charge < -0.3 is 14.7 Å². The molecule has 8 heteroatoms. The topological polar surface area (TPSA) is 69.3 Å². The molecule has 2 aliphatic heterocycles. The van der Waals surface area contributed by atoms with Crippen molar-refractivity contribution in [1.82, 2.24) is 14.9 Å². The average Bonchev–Trinajstić information content (AvgIpc) is 3.31. The van der Waals surface area contributed by atoms with E-state index in [1.807, 2.05) is 28.5 Å². The second-order valence-electron chi connectivity index (χ2n) is 7.64. The van der Waals surface area contributed by atoms with Gasteiger partial charge in [-0.05, 0) is 38.0 Å². The number of nitrogens with zero attached hydrogens (tertiary/aromatic N) is 3. The Bertz CT molecular complexity index is 1070. The minimum atomic E-state index is -0.127. The molecule has 6 nitrogen and oxygen atoms in total. The Labute approximate surface area is 167 Å². The van der Waals surface area contributed by atoms with Gasteiger partial charge in [-0.3, -0.25) is 9.69 Å². The van der Waals surface area contributed by atoms with Gasteiger partial charge in [0.15, 0.2) is 5.81 Å². The SMILES string of the molecule is Cc1ccc(CN2CCC(N3C(=O)BC(=O)c4cnc5[nH]ccc5c43)CC2)s1. The van der Waals surface area contributed by atoms with Crippen molar-refractivity contribution < 1.29 is 9.59 Å². The summed E-state index contributed by atoms with van der Waals surface area (Å²) in [5, 5.41) is 0.857. The van der Waals surface area contributed by atoms with Crippen LogP contribution in [-0.4, -0.2) is 52.8 Å². The molecule has 0 aliphatic carbocycles. The van der Waals surface area contributed by atoms with E-state index in [2.05, 4.69) is 33.9 Å². The third-order valence-corrected chi connectivity index (χ3v) is 6.76. The van der Waals surface area contributed by atoms with Gasteiger partial charge in [0, 0.05) is 53.2 Å². The first-order chi connectivity index (χ1) is 13.6. The van der Waals surface area contributed by atoms with Crippen LogP contribution in [0.3, 0.4) is 0 Å². The molecule has 0 unspecified atom stereocenters. The molecule has 0 saturated carbocycles. The van der Waals surface area contributed by atoms with E-state index in [9.17, 15) is 9.59 Å². The number of hydrogen-bond acceptors (Lipinski definition) is 5. The maximum Gasteiger partial charge on any atom is 0.320 e. The second kappa shape index (κ2) is 6.86. The van der Waals surface area contributed by atoms with Crippen molar-refractivity contribution >= 4 is 46.8 Å². The van der Waals surface area contributed by atoms with Crippen LogP contribution in [0, 0.1) is 6.92 Å². The number of H-pyrrole nitrogens is 1. The summed E-state index contributed by atoms with van der Waals surface area (Å²) in [5.41, 5.74) is 1.91. The first kappa shape index (κ1) is 17.6. The van der Waals surface area contributed by atoms with Gasteiger partial charge in [-0.25, -0.2) is 4.98 Å². The zero-order valence-corrected chi connectivity index (χ0v) is 16.6. The summed E-state index contributed by atoms with van der Waals surface area (Å²) < 4.78 is 0. The molecule has 28 heavy (non-hydrogen) atoms. The lowest BCUT2D eigenvalue weighted by molar-refractivity contribution is 0.107. The molecule has 1 amide bonds. The minimum absolute atomic E-state index is 0.0563. The number of rotatable bonds is 3. The monoisotopic (exact) mass is 392 g/mol. The third-order valence-electron chi connectivity index (χ3n) is 5.78. The van der Waals surface area contributed by atoms with Gasteiger partial charge in [0.25, 0.3) is 0 Å². The summed E-state index contributed by atoms with van der Waals surface area (Å²) in [6, 6.07) is 6.41. The van der Waals surface area contributed by atoms with E-state index >= 15 is 0 Å². The molecule has 3 aromatic rings. The van der Waals surface area contributed by atoms with Gasteiger partial charge in [0.1, 0.15) is 11.3 Å². The van der Waals surface area contributed by atoms with Crippen LogP contribution in [-0.2, 0) is 6.54 Å². The Morgan fingerprint density at radius 2 is 2.07 bits per heavy atom. The number of nitrogens with one attached hydrogen (secondary N) is 1. The molecule has 142 valence electrons. The van der Waals surface area contributed by atoms with E-state index in [4.69, 9.17) is 0 Å². The Morgan fingerprint density at radius 1 is 1.25 bits per heavy atom. The van der Waals surface area contributed by atoms with Gasteiger partial charge in [-0.1, -0.05) is 0 Å². The van der Waals surface area contributed by atoms with E-state index in [1.54, 1.807) is 6.20 Å². The number of likely N-dealkylation sites (tertiary alicyclic amines) is 1. The van der Waals surface area contributed by atoms with Crippen molar-refractivity contribution in [2.24, 2.45) is 0 Å². The first-order valence-corrected chi connectivity index (χ1v) is 10.5. The molecule has 1 N–H and O–H groups in total. The van der Waals surface area contributed by atoms with E-state index in [1.165, 1.54) is 9.75 Å². The maximum atomic E-state index is 12.9. The molecule has 0 atom stereocenters. The van der Waals surface area contributed by atoms with Crippen LogP contribution in [0.4, 0.5) is 10.5 Å². The molecule has 1 saturated heterocycles. The quantitative estimate of drug-likeness (QED) is 0.696. The highest BCUT2D eigenvalue weighted by Gasteiger charge is 2.38. The first-order valence-electron chi connectivity index (χ1n) is 9.69. The van der Waals surface area contributed by atoms with Crippen LogP contribution in [0.1, 0.15) is 33.0 Å². The predicted molar refractivity (Wildman–Crippen MR) is 113 cm³/mol. The lowest BCUT2D eigenvalue weighted by Gasteiger charge is -2.40. The molecule has 5 rings (SSSR count). The van der Waals surface area contributed by atoms with Crippen molar-refractivity contribution in [3.8, 4) is 0 Å². The van der Waals surface area contributed by atoms with E-state index in [0.717, 1.165) is 49.2 Å². The Morgan fingerprint density at radius 3 is 2.82 bits per heavy atom. The minimum Gasteiger partial charge on any atom is -0.346 e. The molecule has 3 aromatic heterocycles. The van der Waals surface area contributed by atoms with Crippen LogP contribution in [0.5, 0.6) is 0 Å². The number of anilines is 1. The van der Waals surface area contributed by atoms with Crippen LogP contribution in [0.2, 0.25) is 0 Å². The summed E-state index contributed by atoms with van der Waals surface area (Å²) in [5.74, 6) is -0.0847. The molecular weight excluding hydrogens is 371 g/mol. The standard InChI is InChI=1S/C20H21BN4O2S/c1-12-2-3-14(28-12)11-24-8-5-13(6-9-24)25-17-15-4-7-22-19(15)23-10-16(17)18(26)21-20(25)27/h2-4,7,10,13,21H,5-6,8-9,11H2,1H3,(H,22,23). The van der Waals surface area contributed by atoms with Gasteiger partial charge >= 0.3 is 7.28 Å². The molecule has 0 spiro atoms. The summed E-state index contributed by atoms with van der Waals surface area (Å²) in [6.45, 7) is 5.02. The molecule has 0 radical (unpaired) electrons.